The summed E-state index contributed by atoms with van der Waals surface area (Å²) in [5.74, 6) is -1.27. The van der Waals surface area contributed by atoms with Crippen molar-refractivity contribution >= 4 is 57.8 Å². The molecule has 3 amide bonds. The monoisotopic (exact) mass is 446 g/mol. The molecule has 2 heterocycles. The highest BCUT2D eigenvalue weighted by molar-refractivity contribution is 8.26. The molecule has 1 aliphatic rings. The number of hydrogen-bond donors (Lipinski definition) is 2. The highest BCUT2D eigenvalue weighted by Gasteiger charge is 2.32. The summed E-state index contributed by atoms with van der Waals surface area (Å²) in [4.78, 5) is 48.5. The van der Waals surface area contributed by atoms with Crippen LogP contribution in [0.25, 0.3) is 6.08 Å². The molecule has 30 heavy (non-hydrogen) atoms. The first-order chi connectivity index (χ1) is 14.4. The normalized spacial score (nSPS) is 14.8. The smallest absolute Gasteiger partial charge is 0.282 e. The van der Waals surface area contributed by atoms with Crippen molar-refractivity contribution in [2.24, 2.45) is 0 Å². The molecule has 2 aromatic rings. The molecule has 10 nitrogen and oxygen atoms in total. The van der Waals surface area contributed by atoms with Crippen molar-refractivity contribution in [2.75, 3.05) is 6.54 Å². The van der Waals surface area contributed by atoms with Gasteiger partial charge >= 0.3 is 0 Å². The van der Waals surface area contributed by atoms with Gasteiger partial charge in [-0.15, -0.1) is 0 Å². The van der Waals surface area contributed by atoms with E-state index in [0.717, 1.165) is 11.8 Å². The van der Waals surface area contributed by atoms with Crippen LogP contribution in [0.5, 0.6) is 0 Å². The van der Waals surface area contributed by atoms with Gasteiger partial charge in [0.2, 0.25) is 5.91 Å². The van der Waals surface area contributed by atoms with Gasteiger partial charge in [0.25, 0.3) is 17.5 Å². The second kappa shape index (κ2) is 9.33. The van der Waals surface area contributed by atoms with Crippen LogP contribution in [0.15, 0.2) is 52.0 Å². The minimum atomic E-state index is -0.831. The van der Waals surface area contributed by atoms with Crippen LogP contribution >= 0.6 is 24.0 Å². The fourth-order valence-corrected chi connectivity index (χ4v) is 3.78. The van der Waals surface area contributed by atoms with E-state index in [1.165, 1.54) is 35.4 Å². The Labute approximate surface area is 179 Å². The second-order valence-electron chi connectivity index (χ2n) is 5.88. The maximum atomic E-state index is 12.4. The molecule has 1 aromatic carbocycles. The molecule has 0 aliphatic carbocycles. The molecule has 154 valence electrons. The number of hydrazine groups is 1. The highest BCUT2D eigenvalue weighted by Crippen LogP contribution is 2.32. The standard InChI is InChI=1S/C18H14N4O6S2/c23-15(19-20-16(24)12-5-1-2-6-13(12)22(26)27)7-8-21-17(25)14(30-18(21)29)10-11-4-3-9-28-11/h1-6,9-10H,7-8H2,(H,19,23)(H,20,24)/b14-10+. The van der Waals surface area contributed by atoms with E-state index in [1.54, 1.807) is 18.2 Å². The van der Waals surface area contributed by atoms with Crippen LogP contribution in [0.1, 0.15) is 22.5 Å². The van der Waals surface area contributed by atoms with Crippen LogP contribution in [0.4, 0.5) is 5.69 Å². The number of benzene rings is 1. The number of nitro groups is 1. The van der Waals surface area contributed by atoms with E-state index in [4.69, 9.17) is 16.6 Å². The average molecular weight is 446 g/mol. The quantitative estimate of drug-likeness (QED) is 0.299. The summed E-state index contributed by atoms with van der Waals surface area (Å²) in [6, 6.07) is 8.73. The van der Waals surface area contributed by atoms with Crippen molar-refractivity contribution in [1.82, 2.24) is 15.8 Å². The van der Waals surface area contributed by atoms with Gasteiger partial charge in [0.1, 0.15) is 15.6 Å². The van der Waals surface area contributed by atoms with Crippen molar-refractivity contribution in [3.8, 4) is 0 Å². The molecule has 1 aromatic heterocycles. The molecule has 0 saturated carbocycles. The number of thioether (sulfide) groups is 1. The number of para-hydroxylation sites is 1. The Morgan fingerprint density at radius 3 is 2.70 bits per heavy atom. The fraction of sp³-hybridized carbons (Fsp3) is 0.111. The Kier molecular flexibility index (Phi) is 6.59. The Bertz CT molecular complexity index is 1050. The van der Waals surface area contributed by atoms with Gasteiger partial charge < -0.3 is 4.42 Å². The van der Waals surface area contributed by atoms with Crippen LogP contribution in [0.2, 0.25) is 0 Å². The van der Waals surface area contributed by atoms with Gasteiger partial charge in [-0.2, -0.15) is 0 Å². The minimum absolute atomic E-state index is 0.00729. The van der Waals surface area contributed by atoms with E-state index in [0.29, 0.717) is 15.0 Å². The number of furan rings is 1. The van der Waals surface area contributed by atoms with Crippen LogP contribution < -0.4 is 10.9 Å². The van der Waals surface area contributed by atoms with Crippen molar-refractivity contribution in [1.29, 1.82) is 0 Å². The summed E-state index contributed by atoms with van der Waals surface area (Å²) in [6.45, 7) is 0.00729. The van der Waals surface area contributed by atoms with Crippen LogP contribution in [0, 0.1) is 10.1 Å². The number of nitrogens with zero attached hydrogens (tertiary/aromatic N) is 2. The summed E-state index contributed by atoms with van der Waals surface area (Å²) in [5, 5.41) is 11.0. The summed E-state index contributed by atoms with van der Waals surface area (Å²) in [7, 11) is 0. The van der Waals surface area contributed by atoms with Gasteiger partial charge in [-0.1, -0.05) is 36.1 Å². The van der Waals surface area contributed by atoms with Crippen molar-refractivity contribution in [3.63, 3.8) is 0 Å². The topological polar surface area (TPSA) is 135 Å². The minimum Gasteiger partial charge on any atom is -0.465 e. The summed E-state index contributed by atoms with van der Waals surface area (Å²) in [5.41, 5.74) is 3.72. The van der Waals surface area contributed by atoms with E-state index in [9.17, 15) is 24.5 Å². The molecule has 1 fully saturated rings. The molecule has 2 N–H and O–H groups in total. The number of carbonyl (C=O) groups is 3. The number of carbonyl (C=O) groups excluding carboxylic acids is 3. The average Bonchev–Trinajstić information content (AvgIpc) is 3.33. The van der Waals surface area contributed by atoms with Gasteiger partial charge in [0.05, 0.1) is 16.1 Å². The number of nitro benzene ring substituents is 1. The molecule has 0 atom stereocenters. The molecule has 0 spiro atoms. The van der Waals surface area contributed by atoms with Gasteiger partial charge in [0, 0.05) is 25.1 Å². The lowest BCUT2D eigenvalue weighted by molar-refractivity contribution is -0.385. The molecule has 0 radical (unpaired) electrons. The first-order valence-corrected chi connectivity index (χ1v) is 9.71. The molecule has 1 saturated heterocycles. The van der Waals surface area contributed by atoms with Crippen LogP contribution in [0.3, 0.4) is 0 Å². The first-order valence-electron chi connectivity index (χ1n) is 8.48. The van der Waals surface area contributed by atoms with E-state index >= 15 is 0 Å². The maximum absolute atomic E-state index is 12.4. The van der Waals surface area contributed by atoms with E-state index < -0.39 is 16.7 Å². The summed E-state index contributed by atoms with van der Waals surface area (Å²) >= 11 is 6.28. The molecule has 0 unspecified atom stereocenters. The number of rotatable bonds is 6. The number of thiocarbonyl (C=S) groups is 1. The summed E-state index contributed by atoms with van der Waals surface area (Å²) < 4.78 is 5.48. The third-order valence-corrected chi connectivity index (χ3v) is 5.29. The number of amides is 3. The second-order valence-corrected chi connectivity index (χ2v) is 7.55. The van der Waals surface area contributed by atoms with E-state index in [2.05, 4.69) is 10.9 Å². The van der Waals surface area contributed by atoms with Crippen LogP contribution in [-0.4, -0.2) is 38.4 Å². The predicted molar refractivity (Wildman–Crippen MR) is 112 cm³/mol. The first kappa shape index (κ1) is 21.2. The number of nitrogens with one attached hydrogen (secondary N) is 2. The Hall–Kier alpha value is -3.51. The van der Waals surface area contributed by atoms with Crippen LogP contribution in [-0.2, 0) is 9.59 Å². The lowest BCUT2D eigenvalue weighted by Crippen LogP contribution is -2.43. The zero-order valence-corrected chi connectivity index (χ0v) is 16.8. The Balaban J connectivity index is 1.53. The SMILES string of the molecule is O=C(CCN1C(=O)/C(=C\c2ccco2)SC1=S)NNC(=O)c1ccccc1[N+](=O)[O-]. The molecule has 0 bridgehead atoms. The zero-order chi connectivity index (χ0) is 21.7. The van der Waals surface area contributed by atoms with E-state index in [1.807, 2.05) is 0 Å². The molecular formula is C18H14N4O6S2. The highest BCUT2D eigenvalue weighted by atomic mass is 32.2. The van der Waals surface area contributed by atoms with Crippen molar-refractivity contribution in [3.05, 3.63) is 69.0 Å². The largest absolute Gasteiger partial charge is 0.465 e. The van der Waals surface area contributed by atoms with Gasteiger partial charge in [-0.05, 0) is 18.2 Å². The van der Waals surface area contributed by atoms with Gasteiger partial charge in [-0.3, -0.25) is 40.2 Å². The van der Waals surface area contributed by atoms with Gasteiger partial charge in [-0.25, -0.2) is 0 Å². The lowest BCUT2D eigenvalue weighted by atomic mass is 10.2. The predicted octanol–water partition coefficient (Wildman–Crippen LogP) is 2.24. The van der Waals surface area contributed by atoms with Gasteiger partial charge in [0.15, 0.2) is 0 Å². The zero-order valence-electron chi connectivity index (χ0n) is 15.2. The van der Waals surface area contributed by atoms with E-state index in [-0.39, 0.29) is 30.1 Å². The third-order valence-electron chi connectivity index (χ3n) is 3.91. The Morgan fingerprint density at radius 1 is 1.23 bits per heavy atom. The Morgan fingerprint density at radius 2 is 2.00 bits per heavy atom. The third kappa shape index (κ3) is 4.90. The molecular weight excluding hydrogens is 432 g/mol. The van der Waals surface area contributed by atoms with Crippen molar-refractivity contribution < 1.29 is 23.7 Å². The molecule has 1 aliphatic heterocycles. The van der Waals surface area contributed by atoms with Crippen molar-refractivity contribution in [2.45, 2.75) is 6.42 Å². The summed E-state index contributed by atoms with van der Waals surface area (Å²) in [6.07, 6.45) is 2.90. The lowest BCUT2D eigenvalue weighted by Gasteiger charge is -2.14. The molecule has 12 heteroatoms. The maximum Gasteiger partial charge on any atom is 0.282 e. The molecule has 3 rings (SSSR count). The fourth-order valence-electron chi connectivity index (χ4n) is 2.49. The number of hydrogen-bond acceptors (Lipinski definition) is 8.